The predicted octanol–water partition coefficient (Wildman–Crippen LogP) is 3.79. The van der Waals surface area contributed by atoms with E-state index in [0.29, 0.717) is 12.1 Å². The first-order chi connectivity index (χ1) is 7.18. The fraction of sp³-hybridized carbons (Fsp3) is 0.538. The molecule has 2 unspecified atom stereocenters. The van der Waals surface area contributed by atoms with Crippen LogP contribution in [0.5, 0.6) is 0 Å². The van der Waals surface area contributed by atoms with Gasteiger partial charge in [0.1, 0.15) is 0 Å². The minimum atomic E-state index is 0.342. The van der Waals surface area contributed by atoms with Crippen molar-refractivity contribution >= 4 is 11.6 Å². The Kier molecular flexibility index (Phi) is 3.32. The SMILES string of the molecule is CC(NC(C)C1CC1)c1ccccc1Cl. The van der Waals surface area contributed by atoms with Crippen LogP contribution in [0.4, 0.5) is 0 Å². The van der Waals surface area contributed by atoms with Crippen molar-refractivity contribution in [3.63, 3.8) is 0 Å². The van der Waals surface area contributed by atoms with E-state index in [4.69, 9.17) is 11.6 Å². The van der Waals surface area contributed by atoms with Crippen molar-refractivity contribution in [1.29, 1.82) is 0 Å². The molecule has 0 saturated heterocycles. The zero-order chi connectivity index (χ0) is 10.8. The summed E-state index contributed by atoms with van der Waals surface area (Å²) in [7, 11) is 0. The molecule has 0 aliphatic heterocycles. The first kappa shape index (κ1) is 11.0. The molecular formula is C13H18ClN. The number of benzene rings is 1. The molecule has 1 saturated carbocycles. The van der Waals surface area contributed by atoms with Crippen LogP contribution in [0.15, 0.2) is 24.3 Å². The van der Waals surface area contributed by atoms with Crippen LogP contribution < -0.4 is 5.32 Å². The predicted molar refractivity (Wildman–Crippen MR) is 65.2 cm³/mol. The largest absolute Gasteiger partial charge is 0.307 e. The van der Waals surface area contributed by atoms with Gasteiger partial charge in [0.15, 0.2) is 0 Å². The van der Waals surface area contributed by atoms with Gasteiger partial charge in [-0.1, -0.05) is 29.8 Å². The molecule has 1 aliphatic rings. The minimum Gasteiger partial charge on any atom is -0.307 e. The van der Waals surface area contributed by atoms with Gasteiger partial charge in [-0.25, -0.2) is 0 Å². The lowest BCUT2D eigenvalue weighted by Crippen LogP contribution is -2.30. The van der Waals surface area contributed by atoms with Gasteiger partial charge < -0.3 is 5.32 Å². The normalized spacial score (nSPS) is 19.9. The molecule has 1 N–H and O–H groups in total. The van der Waals surface area contributed by atoms with Crippen LogP contribution >= 0.6 is 11.6 Å². The first-order valence-corrected chi connectivity index (χ1v) is 6.06. The Labute approximate surface area is 96.8 Å². The monoisotopic (exact) mass is 223 g/mol. The minimum absolute atomic E-state index is 0.342. The molecule has 2 rings (SSSR count). The van der Waals surface area contributed by atoms with Crippen molar-refractivity contribution in [2.45, 2.75) is 38.8 Å². The molecule has 82 valence electrons. The third kappa shape index (κ3) is 2.73. The van der Waals surface area contributed by atoms with Crippen molar-refractivity contribution < 1.29 is 0 Å². The molecule has 0 aromatic heterocycles. The second kappa shape index (κ2) is 4.54. The summed E-state index contributed by atoms with van der Waals surface area (Å²) in [5, 5.41) is 4.48. The summed E-state index contributed by atoms with van der Waals surface area (Å²) in [6.07, 6.45) is 2.76. The van der Waals surface area contributed by atoms with Crippen LogP contribution in [0.3, 0.4) is 0 Å². The quantitative estimate of drug-likeness (QED) is 0.819. The maximum Gasteiger partial charge on any atom is 0.0453 e. The Hall–Kier alpha value is -0.530. The highest BCUT2D eigenvalue weighted by Crippen LogP contribution is 2.34. The zero-order valence-electron chi connectivity index (χ0n) is 9.33. The standard InChI is InChI=1S/C13H18ClN/c1-9(11-7-8-11)15-10(2)12-5-3-4-6-13(12)14/h3-6,9-11,15H,7-8H2,1-2H3. The van der Waals surface area contributed by atoms with Crippen LogP contribution in [0.25, 0.3) is 0 Å². The molecule has 1 aromatic rings. The van der Waals surface area contributed by atoms with Gasteiger partial charge in [0.05, 0.1) is 0 Å². The third-order valence-corrected chi connectivity index (χ3v) is 3.56. The average molecular weight is 224 g/mol. The third-order valence-electron chi connectivity index (χ3n) is 3.21. The van der Waals surface area contributed by atoms with Gasteiger partial charge in [-0.2, -0.15) is 0 Å². The number of hydrogen-bond acceptors (Lipinski definition) is 1. The molecule has 1 aromatic carbocycles. The van der Waals surface area contributed by atoms with Crippen molar-refractivity contribution in [2.24, 2.45) is 5.92 Å². The van der Waals surface area contributed by atoms with Crippen molar-refractivity contribution in [1.82, 2.24) is 5.32 Å². The molecule has 0 amide bonds. The Bertz CT molecular complexity index is 333. The van der Waals surface area contributed by atoms with E-state index in [2.05, 4.69) is 25.2 Å². The summed E-state index contributed by atoms with van der Waals surface area (Å²) in [6, 6.07) is 9.02. The van der Waals surface area contributed by atoms with Crippen molar-refractivity contribution in [2.75, 3.05) is 0 Å². The van der Waals surface area contributed by atoms with E-state index >= 15 is 0 Å². The maximum absolute atomic E-state index is 6.16. The summed E-state index contributed by atoms with van der Waals surface area (Å²) in [5.74, 6) is 0.884. The summed E-state index contributed by atoms with van der Waals surface area (Å²) in [4.78, 5) is 0. The van der Waals surface area contributed by atoms with E-state index in [-0.39, 0.29) is 0 Å². The molecule has 1 aliphatic carbocycles. The van der Waals surface area contributed by atoms with E-state index in [1.165, 1.54) is 18.4 Å². The van der Waals surface area contributed by atoms with E-state index < -0.39 is 0 Å². The smallest absolute Gasteiger partial charge is 0.0453 e. The molecule has 15 heavy (non-hydrogen) atoms. The lowest BCUT2D eigenvalue weighted by molar-refractivity contribution is 0.441. The van der Waals surface area contributed by atoms with Gasteiger partial charge in [0, 0.05) is 17.1 Å². The average Bonchev–Trinajstić information content (AvgIpc) is 3.01. The van der Waals surface area contributed by atoms with Crippen LogP contribution in [-0.2, 0) is 0 Å². The van der Waals surface area contributed by atoms with Gasteiger partial charge in [0.25, 0.3) is 0 Å². The topological polar surface area (TPSA) is 12.0 Å². The van der Waals surface area contributed by atoms with Gasteiger partial charge >= 0.3 is 0 Å². The molecule has 0 radical (unpaired) electrons. The highest BCUT2D eigenvalue weighted by atomic mass is 35.5. The zero-order valence-corrected chi connectivity index (χ0v) is 10.1. The van der Waals surface area contributed by atoms with Crippen LogP contribution in [0, 0.1) is 5.92 Å². The van der Waals surface area contributed by atoms with E-state index in [1.807, 2.05) is 18.2 Å². The van der Waals surface area contributed by atoms with Crippen LogP contribution in [0.2, 0.25) is 5.02 Å². The lowest BCUT2D eigenvalue weighted by Gasteiger charge is -2.20. The Morgan fingerprint density at radius 1 is 1.27 bits per heavy atom. The van der Waals surface area contributed by atoms with Crippen LogP contribution in [-0.4, -0.2) is 6.04 Å². The fourth-order valence-electron chi connectivity index (χ4n) is 2.04. The van der Waals surface area contributed by atoms with Gasteiger partial charge in [-0.05, 0) is 44.2 Å². The van der Waals surface area contributed by atoms with E-state index in [0.717, 1.165) is 10.9 Å². The second-order valence-corrected chi connectivity index (χ2v) is 4.94. The van der Waals surface area contributed by atoms with Gasteiger partial charge in [-0.3, -0.25) is 0 Å². The molecular weight excluding hydrogens is 206 g/mol. The highest BCUT2D eigenvalue weighted by Gasteiger charge is 2.28. The molecule has 2 heteroatoms. The Morgan fingerprint density at radius 3 is 2.53 bits per heavy atom. The molecule has 0 spiro atoms. The number of nitrogens with one attached hydrogen (secondary N) is 1. The maximum atomic E-state index is 6.16. The molecule has 1 fully saturated rings. The van der Waals surface area contributed by atoms with Crippen molar-refractivity contribution in [3.05, 3.63) is 34.9 Å². The summed E-state index contributed by atoms with van der Waals surface area (Å²) >= 11 is 6.16. The Morgan fingerprint density at radius 2 is 1.93 bits per heavy atom. The number of hydrogen-bond donors (Lipinski definition) is 1. The summed E-state index contributed by atoms with van der Waals surface area (Å²) < 4.78 is 0. The van der Waals surface area contributed by atoms with Crippen molar-refractivity contribution in [3.8, 4) is 0 Å². The molecule has 2 atom stereocenters. The number of halogens is 1. The van der Waals surface area contributed by atoms with Crippen LogP contribution in [0.1, 0.15) is 38.3 Å². The highest BCUT2D eigenvalue weighted by molar-refractivity contribution is 6.31. The summed E-state index contributed by atoms with van der Waals surface area (Å²) in [5.41, 5.74) is 1.20. The number of rotatable bonds is 4. The molecule has 0 heterocycles. The fourth-order valence-corrected chi connectivity index (χ4v) is 2.34. The summed E-state index contributed by atoms with van der Waals surface area (Å²) in [6.45, 7) is 4.45. The van der Waals surface area contributed by atoms with Gasteiger partial charge in [0.2, 0.25) is 0 Å². The first-order valence-electron chi connectivity index (χ1n) is 5.69. The Balaban J connectivity index is 2.00. The lowest BCUT2D eigenvalue weighted by atomic mass is 10.1. The molecule has 0 bridgehead atoms. The van der Waals surface area contributed by atoms with Gasteiger partial charge in [-0.15, -0.1) is 0 Å². The van der Waals surface area contributed by atoms with E-state index in [1.54, 1.807) is 0 Å². The molecule has 1 nitrogen and oxygen atoms in total. The van der Waals surface area contributed by atoms with E-state index in [9.17, 15) is 0 Å². The second-order valence-electron chi connectivity index (χ2n) is 4.54.